The first kappa shape index (κ1) is 13.4. The zero-order chi connectivity index (χ0) is 15.0. The van der Waals surface area contributed by atoms with Crippen molar-refractivity contribution in [1.29, 1.82) is 0 Å². The molecule has 0 aliphatic heterocycles. The van der Waals surface area contributed by atoms with Crippen molar-refractivity contribution in [2.24, 2.45) is 0 Å². The van der Waals surface area contributed by atoms with Crippen molar-refractivity contribution in [3.8, 4) is 11.6 Å². The highest BCUT2D eigenvalue weighted by Gasteiger charge is 2.16. The van der Waals surface area contributed by atoms with Crippen molar-refractivity contribution < 1.29 is 9.53 Å². The molecule has 0 radical (unpaired) electrons. The third-order valence-electron chi connectivity index (χ3n) is 3.72. The number of hydrogen-bond acceptors (Lipinski definition) is 3. The van der Waals surface area contributed by atoms with Gasteiger partial charge in [0.2, 0.25) is 5.88 Å². The van der Waals surface area contributed by atoms with Gasteiger partial charge in [-0.1, -0.05) is 18.2 Å². The summed E-state index contributed by atoms with van der Waals surface area (Å²) in [4.78, 5) is 15.8. The van der Waals surface area contributed by atoms with Gasteiger partial charge in [0.25, 0.3) is 0 Å². The molecular weight excluding hydrogens is 264 g/mol. The molecule has 106 valence electrons. The number of aldehydes is 1. The number of aryl methyl sites for hydroxylation is 2. The Bertz CT molecular complexity index is 834. The van der Waals surface area contributed by atoms with Gasteiger partial charge in [0, 0.05) is 6.20 Å². The summed E-state index contributed by atoms with van der Waals surface area (Å²) in [6.07, 6.45) is 2.57. The van der Waals surface area contributed by atoms with Crippen LogP contribution in [0, 0.1) is 20.8 Å². The third kappa shape index (κ3) is 2.18. The number of nitrogens with zero attached hydrogens (tertiary/aromatic N) is 2. The fourth-order valence-corrected chi connectivity index (χ4v) is 2.35. The van der Waals surface area contributed by atoms with Crippen LogP contribution in [0.3, 0.4) is 0 Å². The van der Waals surface area contributed by atoms with Crippen LogP contribution in [0.1, 0.15) is 27.2 Å². The molecule has 0 fully saturated rings. The van der Waals surface area contributed by atoms with Crippen molar-refractivity contribution in [3.63, 3.8) is 0 Å². The Morgan fingerprint density at radius 3 is 2.62 bits per heavy atom. The summed E-state index contributed by atoms with van der Waals surface area (Å²) >= 11 is 0. The minimum atomic E-state index is 0.341. The van der Waals surface area contributed by atoms with Crippen LogP contribution >= 0.6 is 0 Å². The second-order valence-electron chi connectivity index (χ2n) is 5.10. The Kier molecular flexibility index (Phi) is 3.22. The van der Waals surface area contributed by atoms with Crippen molar-refractivity contribution in [1.82, 2.24) is 9.38 Å². The molecule has 0 spiro atoms. The normalized spacial score (nSPS) is 10.8. The second-order valence-corrected chi connectivity index (χ2v) is 5.10. The first-order valence-corrected chi connectivity index (χ1v) is 6.78. The van der Waals surface area contributed by atoms with E-state index in [2.05, 4.69) is 11.1 Å². The van der Waals surface area contributed by atoms with Gasteiger partial charge in [-0.15, -0.1) is 0 Å². The molecule has 0 atom stereocenters. The number of carbonyl (C=O) groups excluding carboxylic acids is 1. The molecule has 4 heteroatoms. The minimum Gasteiger partial charge on any atom is -0.436 e. The summed E-state index contributed by atoms with van der Waals surface area (Å²) in [5.41, 5.74) is 4.34. The molecule has 1 aromatic carbocycles. The number of aromatic nitrogens is 2. The minimum absolute atomic E-state index is 0.341. The van der Waals surface area contributed by atoms with Crippen LogP contribution in [-0.2, 0) is 0 Å². The van der Waals surface area contributed by atoms with Crippen molar-refractivity contribution in [3.05, 3.63) is 58.9 Å². The molecule has 4 nitrogen and oxygen atoms in total. The fraction of sp³-hybridized carbons (Fsp3) is 0.176. The maximum absolute atomic E-state index is 11.4. The van der Waals surface area contributed by atoms with Crippen LogP contribution in [0.25, 0.3) is 5.65 Å². The number of ether oxygens (including phenoxy) is 1. The van der Waals surface area contributed by atoms with Crippen LogP contribution in [0.4, 0.5) is 0 Å². The second kappa shape index (κ2) is 5.05. The summed E-state index contributed by atoms with van der Waals surface area (Å²) in [7, 11) is 0. The molecule has 2 heterocycles. The van der Waals surface area contributed by atoms with E-state index in [1.807, 2.05) is 45.0 Å². The lowest BCUT2D eigenvalue weighted by Crippen LogP contribution is -1.97. The number of carbonyl (C=O) groups is 1. The largest absolute Gasteiger partial charge is 0.436 e. The molecule has 0 bridgehead atoms. The lowest BCUT2D eigenvalue weighted by Gasteiger charge is -2.12. The number of hydrogen-bond donors (Lipinski definition) is 0. The van der Waals surface area contributed by atoms with Gasteiger partial charge in [-0.3, -0.25) is 9.20 Å². The monoisotopic (exact) mass is 280 g/mol. The van der Waals surface area contributed by atoms with E-state index < -0.39 is 0 Å². The zero-order valence-electron chi connectivity index (χ0n) is 12.3. The molecule has 21 heavy (non-hydrogen) atoms. The van der Waals surface area contributed by atoms with E-state index in [9.17, 15) is 4.79 Å². The molecule has 0 unspecified atom stereocenters. The van der Waals surface area contributed by atoms with Crippen LogP contribution < -0.4 is 4.74 Å². The van der Waals surface area contributed by atoms with Gasteiger partial charge in [0.1, 0.15) is 11.4 Å². The molecule has 3 rings (SSSR count). The van der Waals surface area contributed by atoms with Gasteiger partial charge in [-0.25, -0.2) is 0 Å². The molecule has 3 aromatic rings. The van der Waals surface area contributed by atoms with E-state index in [1.54, 1.807) is 10.6 Å². The van der Waals surface area contributed by atoms with Crippen LogP contribution in [0.15, 0.2) is 36.5 Å². The van der Waals surface area contributed by atoms with Crippen LogP contribution in [0.2, 0.25) is 0 Å². The van der Waals surface area contributed by atoms with E-state index in [0.717, 1.165) is 28.7 Å². The van der Waals surface area contributed by atoms with Gasteiger partial charge >= 0.3 is 0 Å². The predicted octanol–water partition coefficient (Wildman–Crippen LogP) is 3.86. The molecule has 2 aromatic heterocycles. The summed E-state index contributed by atoms with van der Waals surface area (Å²) < 4.78 is 7.69. The van der Waals surface area contributed by atoms with Crippen molar-refractivity contribution >= 4 is 11.9 Å². The summed E-state index contributed by atoms with van der Waals surface area (Å²) in [5, 5.41) is 0. The highest BCUT2D eigenvalue weighted by molar-refractivity contribution is 5.78. The highest BCUT2D eigenvalue weighted by Crippen LogP contribution is 2.31. The molecule has 0 N–H and O–H groups in total. The molecule has 0 saturated carbocycles. The van der Waals surface area contributed by atoms with Crippen LogP contribution in [0.5, 0.6) is 11.6 Å². The fourth-order valence-electron chi connectivity index (χ4n) is 2.35. The summed E-state index contributed by atoms with van der Waals surface area (Å²) in [6, 6.07) is 9.64. The summed E-state index contributed by atoms with van der Waals surface area (Å²) in [6.45, 7) is 6.03. The van der Waals surface area contributed by atoms with E-state index in [-0.39, 0.29) is 0 Å². The molecule has 0 aliphatic carbocycles. The quantitative estimate of drug-likeness (QED) is 0.684. The lowest BCUT2D eigenvalue weighted by atomic mass is 10.1. The van der Waals surface area contributed by atoms with Crippen LogP contribution in [-0.4, -0.2) is 15.7 Å². The van der Waals surface area contributed by atoms with E-state index in [4.69, 9.17) is 4.74 Å². The third-order valence-corrected chi connectivity index (χ3v) is 3.72. The average Bonchev–Trinajstić information content (AvgIpc) is 2.84. The Labute approximate surface area is 123 Å². The van der Waals surface area contributed by atoms with Crippen molar-refractivity contribution in [2.75, 3.05) is 0 Å². The predicted molar refractivity (Wildman–Crippen MR) is 81.3 cm³/mol. The molecule has 0 amide bonds. The Morgan fingerprint density at radius 2 is 1.86 bits per heavy atom. The van der Waals surface area contributed by atoms with E-state index >= 15 is 0 Å². The number of rotatable bonds is 3. The lowest BCUT2D eigenvalue weighted by molar-refractivity contribution is 0.111. The first-order valence-electron chi connectivity index (χ1n) is 6.78. The topological polar surface area (TPSA) is 43.6 Å². The Morgan fingerprint density at radius 1 is 1.10 bits per heavy atom. The van der Waals surface area contributed by atoms with Gasteiger partial charge in [-0.05, 0) is 49.6 Å². The first-order chi connectivity index (χ1) is 10.1. The number of imidazole rings is 1. The summed E-state index contributed by atoms with van der Waals surface area (Å²) in [5.74, 6) is 1.11. The molecular formula is C17H16N2O2. The number of benzene rings is 1. The standard InChI is InChI=1S/C17H16N2O2/c1-11-7-8-12(2)16(13(11)3)21-17-14(10-20)19-9-5-4-6-15(19)18-17/h4-10H,1-3H3. The Balaban J connectivity index is 2.15. The maximum Gasteiger partial charge on any atom is 0.249 e. The van der Waals surface area contributed by atoms with Gasteiger partial charge in [-0.2, -0.15) is 4.98 Å². The smallest absolute Gasteiger partial charge is 0.249 e. The average molecular weight is 280 g/mol. The zero-order valence-corrected chi connectivity index (χ0v) is 12.3. The van der Waals surface area contributed by atoms with Gasteiger partial charge in [0.15, 0.2) is 12.0 Å². The molecule has 0 saturated heterocycles. The number of fused-ring (bicyclic) bond motifs is 1. The van der Waals surface area contributed by atoms with E-state index in [0.29, 0.717) is 17.2 Å². The SMILES string of the molecule is Cc1ccc(C)c(Oc2nc3ccccn3c2C=O)c1C. The Hall–Kier alpha value is -2.62. The van der Waals surface area contributed by atoms with E-state index in [1.165, 1.54) is 0 Å². The number of pyridine rings is 1. The van der Waals surface area contributed by atoms with Gasteiger partial charge < -0.3 is 4.74 Å². The highest BCUT2D eigenvalue weighted by atomic mass is 16.5. The maximum atomic E-state index is 11.4. The van der Waals surface area contributed by atoms with Crippen molar-refractivity contribution in [2.45, 2.75) is 20.8 Å². The molecule has 0 aliphatic rings. The van der Waals surface area contributed by atoms with Gasteiger partial charge in [0.05, 0.1) is 0 Å².